The van der Waals surface area contributed by atoms with Gasteiger partial charge in [0.1, 0.15) is 0 Å². The molecule has 4 rings (SSSR count). The highest BCUT2D eigenvalue weighted by atomic mass is 16.5. The number of hydrogen-bond acceptors (Lipinski definition) is 3. The Morgan fingerprint density at radius 3 is 2.91 bits per heavy atom. The molecule has 1 aromatic rings. The first-order valence-corrected chi connectivity index (χ1v) is 8.71. The maximum Gasteiger partial charge on any atom is 0.306 e. The van der Waals surface area contributed by atoms with E-state index in [9.17, 15) is 4.79 Å². The van der Waals surface area contributed by atoms with Gasteiger partial charge in [0.2, 0.25) is 0 Å². The van der Waals surface area contributed by atoms with E-state index in [0.717, 1.165) is 17.9 Å². The van der Waals surface area contributed by atoms with E-state index in [-0.39, 0.29) is 11.9 Å². The molecule has 1 unspecified atom stereocenters. The van der Waals surface area contributed by atoms with E-state index in [1.165, 1.54) is 18.4 Å². The Balaban J connectivity index is 1.42. The van der Waals surface area contributed by atoms with E-state index >= 15 is 0 Å². The normalized spacial score (nSPS) is 26.2. The molecule has 1 aromatic heterocycles. The summed E-state index contributed by atoms with van der Waals surface area (Å²) in [5.74, 6) is 1.60. The van der Waals surface area contributed by atoms with Crippen LogP contribution in [0.5, 0.6) is 0 Å². The number of carbonyl (C=O) groups is 1. The average molecular weight is 316 g/mol. The van der Waals surface area contributed by atoms with Crippen LogP contribution in [-0.4, -0.2) is 22.4 Å². The molecule has 1 saturated carbocycles. The second kappa shape index (κ2) is 6.14. The van der Waals surface area contributed by atoms with E-state index in [1.807, 2.05) is 26.4 Å². The molecular formula is C19H28N2O2. The van der Waals surface area contributed by atoms with Crippen molar-refractivity contribution in [1.29, 1.82) is 0 Å². The maximum absolute atomic E-state index is 12.0. The highest BCUT2D eigenvalue weighted by molar-refractivity contribution is 5.70. The number of esters is 1. The SMILES string of the molecule is CC(CC(=O)OCCC1=CC[C@H]2C[C@@H]1C2(C)C)c1cnn(C)c1. The minimum absolute atomic E-state index is 0.108. The Labute approximate surface area is 138 Å². The number of nitrogens with zero attached hydrogens (tertiary/aromatic N) is 2. The van der Waals surface area contributed by atoms with Crippen LogP contribution in [-0.2, 0) is 16.6 Å². The minimum Gasteiger partial charge on any atom is -0.465 e. The van der Waals surface area contributed by atoms with Crippen LogP contribution in [0.15, 0.2) is 24.0 Å². The lowest BCUT2D eigenvalue weighted by atomic mass is 9.48. The monoisotopic (exact) mass is 316 g/mol. The number of hydrogen-bond donors (Lipinski definition) is 0. The van der Waals surface area contributed by atoms with Crippen LogP contribution in [0.1, 0.15) is 57.9 Å². The van der Waals surface area contributed by atoms with Gasteiger partial charge < -0.3 is 4.74 Å². The molecule has 3 aliphatic rings. The molecular weight excluding hydrogens is 288 g/mol. The summed E-state index contributed by atoms with van der Waals surface area (Å²) < 4.78 is 7.23. The predicted molar refractivity (Wildman–Crippen MR) is 89.9 cm³/mol. The standard InChI is InChI=1S/C19H28N2O2/c1-13(15-11-20-21(4)12-15)9-18(22)23-8-7-14-5-6-16-10-17(14)19(16,2)3/h5,11-13,16-17H,6-10H2,1-4H3/t13?,16-,17-/m0/s1. The van der Waals surface area contributed by atoms with Gasteiger partial charge in [-0.2, -0.15) is 5.10 Å². The molecule has 0 saturated heterocycles. The van der Waals surface area contributed by atoms with Gasteiger partial charge in [0, 0.05) is 19.7 Å². The molecule has 0 aliphatic heterocycles. The lowest BCUT2D eigenvalue weighted by molar-refractivity contribution is -0.144. The second-order valence-corrected chi connectivity index (χ2v) is 7.84. The molecule has 0 N–H and O–H groups in total. The molecule has 0 aromatic carbocycles. The first kappa shape index (κ1) is 16.3. The number of fused-ring (bicyclic) bond motifs is 1. The van der Waals surface area contributed by atoms with Crippen LogP contribution >= 0.6 is 0 Å². The summed E-state index contributed by atoms with van der Waals surface area (Å²) in [7, 11) is 1.89. The van der Waals surface area contributed by atoms with Gasteiger partial charge >= 0.3 is 5.97 Å². The molecule has 0 radical (unpaired) electrons. The summed E-state index contributed by atoms with van der Waals surface area (Å²) in [6.07, 6.45) is 10.0. The maximum atomic E-state index is 12.0. The van der Waals surface area contributed by atoms with E-state index < -0.39 is 0 Å². The Hall–Kier alpha value is -1.58. The van der Waals surface area contributed by atoms with Crippen LogP contribution < -0.4 is 0 Å². The first-order chi connectivity index (χ1) is 10.9. The molecule has 23 heavy (non-hydrogen) atoms. The Morgan fingerprint density at radius 1 is 1.52 bits per heavy atom. The van der Waals surface area contributed by atoms with Crippen LogP contribution in [0, 0.1) is 17.3 Å². The fourth-order valence-electron chi connectivity index (χ4n) is 4.16. The zero-order chi connectivity index (χ0) is 16.6. The molecule has 1 fully saturated rings. The van der Waals surface area contributed by atoms with Crippen molar-refractivity contribution in [2.24, 2.45) is 24.3 Å². The van der Waals surface area contributed by atoms with E-state index in [1.54, 1.807) is 4.68 Å². The van der Waals surface area contributed by atoms with Gasteiger partial charge in [-0.1, -0.05) is 32.4 Å². The van der Waals surface area contributed by atoms with Crippen LogP contribution in [0.3, 0.4) is 0 Å². The zero-order valence-corrected chi connectivity index (χ0v) is 14.7. The predicted octanol–water partition coefficient (Wildman–Crippen LogP) is 3.84. The number of aromatic nitrogens is 2. The average Bonchev–Trinajstić information content (AvgIpc) is 2.94. The van der Waals surface area contributed by atoms with Crippen molar-refractivity contribution in [2.45, 2.75) is 52.4 Å². The summed E-state index contributed by atoms with van der Waals surface area (Å²) in [6.45, 7) is 7.31. The topological polar surface area (TPSA) is 44.1 Å². The van der Waals surface area contributed by atoms with Crippen molar-refractivity contribution >= 4 is 5.97 Å². The largest absolute Gasteiger partial charge is 0.465 e. The van der Waals surface area contributed by atoms with Crippen molar-refractivity contribution in [1.82, 2.24) is 9.78 Å². The van der Waals surface area contributed by atoms with Crippen molar-refractivity contribution in [2.75, 3.05) is 6.61 Å². The third-order valence-electron chi connectivity index (χ3n) is 6.00. The molecule has 0 amide bonds. The Kier molecular flexibility index (Phi) is 4.35. The van der Waals surface area contributed by atoms with Crippen LogP contribution in [0.2, 0.25) is 0 Å². The van der Waals surface area contributed by atoms with Crippen LogP contribution in [0.4, 0.5) is 0 Å². The van der Waals surface area contributed by atoms with Crippen molar-refractivity contribution in [3.63, 3.8) is 0 Å². The fourth-order valence-corrected chi connectivity index (χ4v) is 4.16. The first-order valence-electron chi connectivity index (χ1n) is 8.71. The number of carbonyl (C=O) groups excluding carboxylic acids is 1. The highest BCUT2D eigenvalue weighted by Crippen LogP contribution is 2.59. The smallest absolute Gasteiger partial charge is 0.306 e. The molecule has 4 heteroatoms. The Bertz CT molecular complexity index is 615. The number of allylic oxidation sites excluding steroid dienone is 1. The Morgan fingerprint density at radius 2 is 2.30 bits per heavy atom. The summed E-state index contributed by atoms with van der Waals surface area (Å²) >= 11 is 0. The number of rotatable bonds is 6. The summed E-state index contributed by atoms with van der Waals surface area (Å²) in [4.78, 5) is 12.0. The molecule has 3 aliphatic carbocycles. The van der Waals surface area contributed by atoms with Gasteiger partial charge in [-0.25, -0.2) is 0 Å². The quantitative estimate of drug-likeness (QED) is 0.591. The van der Waals surface area contributed by atoms with E-state index in [2.05, 4.69) is 25.0 Å². The van der Waals surface area contributed by atoms with Crippen molar-refractivity contribution in [3.05, 3.63) is 29.6 Å². The summed E-state index contributed by atoms with van der Waals surface area (Å²) in [5, 5.41) is 4.15. The van der Waals surface area contributed by atoms with Gasteiger partial charge in [0.15, 0.2) is 0 Å². The van der Waals surface area contributed by atoms with Gasteiger partial charge in [-0.05, 0) is 41.6 Å². The zero-order valence-electron chi connectivity index (χ0n) is 14.7. The van der Waals surface area contributed by atoms with Crippen LogP contribution in [0.25, 0.3) is 0 Å². The van der Waals surface area contributed by atoms with Gasteiger partial charge in [0.05, 0.1) is 19.2 Å². The van der Waals surface area contributed by atoms with Gasteiger partial charge in [-0.3, -0.25) is 9.48 Å². The van der Waals surface area contributed by atoms with E-state index in [4.69, 9.17) is 4.74 Å². The second-order valence-electron chi connectivity index (χ2n) is 7.84. The summed E-state index contributed by atoms with van der Waals surface area (Å²) in [6, 6.07) is 0. The lowest BCUT2D eigenvalue weighted by Crippen LogP contribution is -2.48. The number of aryl methyl sites for hydroxylation is 1. The fraction of sp³-hybridized carbons (Fsp3) is 0.684. The molecule has 3 atom stereocenters. The molecule has 2 bridgehead atoms. The van der Waals surface area contributed by atoms with Crippen molar-refractivity contribution in [3.8, 4) is 0 Å². The molecule has 1 heterocycles. The number of ether oxygens (including phenoxy) is 1. The summed E-state index contributed by atoms with van der Waals surface area (Å²) in [5.41, 5.74) is 3.04. The highest BCUT2D eigenvalue weighted by Gasteiger charge is 2.50. The lowest BCUT2D eigenvalue weighted by Gasteiger charge is -2.56. The third-order valence-corrected chi connectivity index (χ3v) is 6.00. The molecule has 4 nitrogen and oxygen atoms in total. The van der Waals surface area contributed by atoms with Crippen molar-refractivity contribution < 1.29 is 9.53 Å². The third kappa shape index (κ3) is 3.22. The van der Waals surface area contributed by atoms with E-state index in [0.29, 0.717) is 24.4 Å². The van der Waals surface area contributed by atoms with Gasteiger partial charge in [0.25, 0.3) is 0 Å². The van der Waals surface area contributed by atoms with Gasteiger partial charge in [-0.15, -0.1) is 0 Å². The molecule has 0 spiro atoms. The molecule has 126 valence electrons. The minimum atomic E-state index is -0.108.